The molecule has 0 unspecified atom stereocenters. The number of halogens is 3. The van der Waals surface area contributed by atoms with Crippen molar-refractivity contribution in [2.45, 2.75) is 38.5 Å². The molecule has 2 N–H and O–H groups in total. The SMILES string of the molecule is C[C@H](N)c1cncn1CCCC(F)(F)F. The molecule has 15 heavy (non-hydrogen) atoms. The molecule has 0 aliphatic carbocycles. The first kappa shape index (κ1) is 12.0. The van der Waals surface area contributed by atoms with Crippen LogP contribution in [0.15, 0.2) is 12.5 Å². The van der Waals surface area contributed by atoms with E-state index in [1.165, 1.54) is 6.33 Å². The molecule has 0 spiro atoms. The Bertz CT molecular complexity index is 304. The molecule has 0 radical (unpaired) electrons. The van der Waals surface area contributed by atoms with E-state index in [4.69, 9.17) is 5.73 Å². The number of alkyl halides is 3. The molecule has 1 heterocycles. The van der Waals surface area contributed by atoms with E-state index in [2.05, 4.69) is 4.98 Å². The number of aromatic nitrogens is 2. The molecule has 0 saturated carbocycles. The fraction of sp³-hybridized carbons (Fsp3) is 0.667. The highest BCUT2D eigenvalue weighted by molar-refractivity contribution is 5.02. The summed E-state index contributed by atoms with van der Waals surface area (Å²) in [5.41, 5.74) is 6.39. The number of hydrogen-bond acceptors (Lipinski definition) is 2. The predicted molar refractivity (Wildman–Crippen MR) is 50.1 cm³/mol. The van der Waals surface area contributed by atoms with Gasteiger partial charge in [-0.1, -0.05) is 0 Å². The minimum Gasteiger partial charge on any atom is -0.333 e. The fourth-order valence-electron chi connectivity index (χ4n) is 1.35. The van der Waals surface area contributed by atoms with Crippen molar-refractivity contribution < 1.29 is 13.2 Å². The highest BCUT2D eigenvalue weighted by Gasteiger charge is 2.26. The van der Waals surface area contributed by atoms with Crippen molar-refractivity contribution in [3.63, 3.8) is 0 Å². The Kier molecular flexibility index (Phi) is 3.73. The van der Waals surface area contributed by atoms with E-state index < -0.39 is 12.6 Å². The van der Waals surface area contributed by atoms with E-state index in [1.54, 1.807) is 17.7 Å². The predicted octanol–water partition coefficient (Wildman–Crippen LogP) is 2.25. The number of aryl methyl sites for hydroxylation is 1. The zero-order chi connectivity index (χ0) is 11.5. The molecule has 86 valence electrons. The summed E-state index contributed by atoms with van der Waals surface area (Å²) in [6, 6.07) is -0.210. The molecule has 1 aromatic heterocycles. The molecule has 0 saturated heterocycles. The Morgan fingerprint density at radius 1 is 1.53 bits per heavy atom. The van der Waals surface area contributed by atoms with Crippen LogP contribution in [0.4, 0.5) is 13.2 Å². The van der Waals surface area contributed by atoms with Gasteiger partial charge in [-0.25, -0.2) is 4.98 Å². The van der Waals surface area contributed by atoms with Crippen molar-refractivity contribution in [3.8, 4) is 0 Å². The Morgan fingerprint density at radius 3 is 2.73 bits per heavy atom. The molecule has 0 aromatic carbocycles. The van der Waals surface area contributed by atoms with E-state index in [0.717, 1.165) is 5.69 Å². The van der Waals surface area contributed by atoms with E-state index in [0.29, 0.717) is 6.54 Å². The maximum Gasteiger partial charge on any atom is 0.389 e. The van der Waals surface area contributed by atoms with Crippen molar-refractivity contribution in [1.29, 1.82) is 0 Å². The van der Waals surface area contributed by atoms with Gasteiger partial charge in [0.2, 0.25) is 0 Å². The van der Waals surface area contributed by atoms with Crippen molar-refractivity contribution in [2.75, 3.05) is 0 Å². The van der Waals surface area contributed by atoms with Crippen LogP contribution in [-0.4, -0.2) is 15.7 Å². The number of imidazole rings is 1. The number of nitrogens with two attached hydrogens (primary N) is 1. The van der Waals surface area contributed by atoms with Crippen molar-refractivity contribution >= 4 is 0 Å². The van der Waals surface area contributed by atoms with Crippen LogP contribution >= 0.6 is 0 Å². The summed E-state index contributed by atoms with van der Waals surface area (Å²) in [4.78, 5) is 3.86. The van der Waals surface area contributed by atoms with E-state index in [-0.39, 0.29) is 12.5 Å². The second kappa shape index (κ2) is 4.65. The van der Waals surface area contributed by atoms with Crippen LogP contribution in [-0.2, 0) is 6.54 Å². The van der Waals surface area contributed by atoms with E-state index >= 15 is 0 Å². The monoisotopic (exact) mass is 221 g/mol. The Hall–Kier alpha value is -1.04. The van der Waals surface area contributed by atoms with Gasteiger partial charge in [0, 0.05) is 25.2 Å². The molecule has 0 aliphatic heterocycles. The van der Waals surface area contributed by atoms with Crippen molar-refractivity contribution in [3.05, 3.63) is 18.2 Å². The lowest BCUT2D eigenvalue weighted by molar-refractivity contribution is -0.135. The summed E-state index contributed by atoms with van der Waals surface area (Å²) < 4.78 is 37.3. The summed E-state index contributed by atoms with van der Waals surface area (Å²) in [7, 11) is 0. The van der Waals surface area contributed by atoms with Crippen LogP contribution < -0.4 is 5.73 Å². The molecule has 0 fully saturated rings. The quantitative estimate of drug-likeness (QED) is 0.847. The van der Waals surface area contributed by atoms with Gasteiger partial charge in [0.1, 0.15) is 0 Å². The highest BCUT2D eigenvalue weighted by atomic mass is 19.4. The van der Waals surface area contributed by atoms with E-state index in [9.17, 15) is 13.2 Å². The Balaban J connectivity index is 2.47. The largest absolute Gasteiger partial charge is 0.389 e. The van der Waals surface area contributed by atoms with Gasteiger partial charge < -0.3 is 10.3 Å². The second-order valence-electron chi connectivity index (χ2n) is 3.52. The van der Waals surface area contributed by atoms with Crippen LogP contribution in [0.5, 0.6) is 0 Å². The number of nitrogens with zero attached hydrogens (tertiary/aromatic N) is 2. The highest BCUT2D eigenvalue weighted by Crippen LogP contribution is 2.22. The molecule has 6 heteroatoms. The first-order chi connectivity index (χ1) is 6.90. The third kappa shape index (κ3) is 3.91. The van der Waals surface area contributed by atoms with Crippen LogP contribution in [0.1, 0.15) is 31.5 Å². The fourth-order valence-corrected chi connectivity index (χ4v) is 1.35. The lowest BCUT2D eigenvalue weighted by Crippen LogP contribution is -2.14. The van der Waals surface area contributed by atoms with Crippen LogP contribution in [0, 0.1) is 0 Å². The average Bonchev–Trinajstić information content (AvgIpc) is 2.49. The van der Waals surface area contributed by atoms with Crippen LogP contribution in [0.2, 0.25) is 0 Å². The van der Waals surface area contributed by atoms with Crippen LogP contribution in [0.25, 0.3) is 0 Å². The Labute approximate surface area is 86.1 Å². The number of hydrogen-bond donors (Lipinski definition) is 1. The van der Waals surface area contributed by atoms with Gasteiger partial charge in [-0.3, -0.25) is 0 Å². The number of rotatable bonds is 4. The normalized spacial score (nSPS) is 14.2. The summed E-state index contributed by atoms with van der Waals surface area (Å²) in [6.45, 7) is 2.08. The second-order valence-corrected chi connectivity index (χ2v) is 3.52. The minimum atomic E-state index is -4.09. The van der Waals surface area contributed by atoms with Gasteiger partial charge in [-0.15, -0.1) is 0 Å². The minimum absolute atomic E-state index is 0.0551. The first-order valence-electron chi connectivity index (χ1n) is 4.72. The molecular formula is C9H14F3N3. The van der Waals surface area contributed by atoms with Gasteiger partial charge in [-0.2, -0.15) is 13.2 Å². The van der Waals surface area contributed by atoms with E-state index in [1.807, 2.05) is 0 Å². The molecular weight excluding hydrogens is 207 g/mol. The third-order valence-corrected chi connectivity index (χ3v) is 2.07. The zero-order valence-corrected chi connectivity index (χ0v) is 8.46. The van der Waals surface area contributed by atoms with Gasteiger partial charge in [0.25, 0.3) is 0 Å². The van der Waals surface area contributed by atoms with Crippen LogP contribution in [0.3, 0.4) is 0 Å². The molecule has 0 amide bonds. The molecule has 0 aliphatic rings. The lowest BCUT2D eigenvalue weighted by Gasteiger charge is -2.11. The van der Waals surface area contributed by atoms with Gasteiger partial charge in [-0.05, 0) is 13.3 Å². The third-order valence-electron chi connectivity index (χ3n) is 2.07. The summed E-state index contributed by atoms with van der Waals surface area (Å²) in [5.74, 6) is 0. The van der Waals surface area contributed by atoms with Gasteiger partial charge in [0.05, 0.1) is 12.0 Å². The summed E-state index contributed by atoms with van der Waals surface area (Å²) in [5, 5.41) is 0. The standard InChI is InChI=1S/C9H14F3N3/c1-7(13)8-5-14-6-15(8)4-2-3-9(10,11)12/h5-7H,2-4,13H2,1H3/t7-/m0/s1. The Morgan fingerprint density at radius 2 is 2.20 bits per heavy atom. The maximum atomic E-state index is 11.9. The first-order valence-corrected chi connectivity index (χ1v) is 4.72. The molecule has 1 rings (SSSR count). The molecule has 3 nitrogen and oxygen atoms in total. The van der Waals surface area contributed by atoms with Crippen molar-refractivity contribution in [1.82, 2.24) is 9.55 Å². The summed E-state index contributed by atoms with van der Waals surface area (Å²) in [6.07, 6.45) is -1.72. The van der Waals surface area contributed by atoms with Gasteiger partial charge >= 0.3 is 6.18 Å². The smallest absolute Gasteiger partial charge is 0.333 e. The lowest BCUT2D eigenvalue weighted by atomic mass is 10.2. The maximum absolute atomic E-state index is 11.9. The summed E-state index contributed by atoms with van der Waals surface area (Å²) >= 11 is 0. The molecule has 1 atom stereocenters. The topological polar surface area (TPSA) is 43.8 Å². The van der Waals surface area contributed by atoms with Crippen molar-refractivity contribution in [2.24, 2.45) is 5.73 Å². The van der Waals surface area contributed by atoms with Gasteiger partial charge in [0.15, 0.2) is 0 Å². The average molecular weight is 221 g/mol. The molecule has 1 aromatic rings. The zero-order valence-electron chi connectivity index (χ0n) is 8.46. The molecule has 0 bridgehead atoms.